The van der Waals surface area contributed by atoms with Crippen molar-refractivity contribution in [3.8, 4) is 5.75 Å². The van der Waals surface area contributed by atoms with Crippen molar-refractivity contribution in [1.29, 1.82) is 0 Å². The van der Waals surface area contributed by atoms with Crippen molar-refractivity contribution in [2.75, 3.05) is 13.1 Å². The summed E-state index contributed by atoms with van der Waals surface area (Å²) in [5.74, 6) is 0.255. The number of aromatic amines is 1. The number of aromatic nitrogens is 1. The minimum Gasteiger partial charge on any atom is -0.508 e. The fourth-order valence-electron chi connectivity index (χ4n) is 3.57. The van der Waals surface area contributed by atoms with Crippen LogP contribution < -0.4 is 0 Å². The number of amides is 1. The van der Waals surface area contributed by atoms with Crippen LogP contribution in [0.3, 0.4) is 0 Å². The number of halogens is 1. The van der Waals surface area contributed by atoms with Crippen molar-refractivity contribution in [3.63, 3.8) is 0 Å². The van der Waals surface area contributed by atoms with Crippen molar-refractivity contribution in [3.05, 3.63) is 65.6 Å². The number of rotatable bonds is 2. The molecule has 128 valence electrons. The van der Waals surface area contributed by atoms with Gasteiger partial charge < -0.3 is 15.0 Å². The number of hydrogen-bond acceptors (Lipinski definition) is 2. The highest BCUT2D eigenvalue weighted by Crippen LogP contribution is 2.30. The Hall–Kier alpha value is -2.82. The quantitative estimate of drug-likeness (QED) is 0.741. The highest BCUT2D eigenvalue weighted by molar-refractivity contribution is 5.98. The first-order valence-corrected chi connectivity index (χ1v) is 8.47. The van der Waals surface area contributed by atoms with Crippen LogP contribution in [0, 0.1) is 5.82 Å². The van der Waals surface area contributed by atoms with Crippen molar-refractivity contribution in [2.45, 2.75) is 18.8 Å². The van der Waals surface area contributed by atoms with Crippen LogP contribution in [-0.2, 0) is 0 Å². The van der Waals surface area contributed by atoms with Crippen molar-refractivity contribution in [1.82, 2.24) is 9.88 Å². The Morgan fingerprint density at radius 3 is 2.52 bits per heavy atom. The van der Waals surface area contributed by atoms with Crippen LogP contribution in [0.1, 0.15) is 34.8 Å². The Kier molecular flexibility index (Phi) is 3.92. The number of H-pyrrole nitrogens is 1. The number of carbonyl (C=O) groups is 1. The predicted molar refractivity (Wildman–Crippen MR) is 94.2 cm³/mol. The summed E-state index contributed by atoms with van der Waals surface area (Å²) in [7, 11) is 0. The van der Waals surface area contributed by atoms with Gasteiger partial charge in [-0.15, -0.1) is 0 Å². The third-order valence-electron chi connectivity index (χ3n) is 4.99. The number of likely N-dealkylation sites (tertiary alicyclic amines) is 1. The number of phenols is 1. The first-order chi connectivity index (χ1) is 12.1. The zero-order chi connectivity index (χ0) is 17.4. The molecule has 0 saturated carbocycles. The second-order valence-corrected chi connectivity index (χ2v) is 6.54. The molecule has 1 aliphatic heterocycles. The van der Waals surface area contributed by atoms with Gasteiger partial charge in [0.1, 0.15) is 17.3 Å². The lowest BCUT2D eigenvalue weighted by Gasteiger charge is -2.32. The van der Waals surface area contributed by atoms with E-state index in [0.29, 0.717) is 35.6 Å². The van der Waals surface area contributed by atoms with Gasteiger partial charge in [-0.1, -0.05) is 18.2 Å². The van der Waals surface area contributed by atoms with Crippen LogP contribution >= 0.6 is 0 Å². The molecule has 2 N–H and O–H groups in total. The maximum absolute atomic E-state index is 13.8. The molecule has 1 aromatic heterocycles. The minimum atomic E-state index is -0.321. The lowest BCUT2D eigenvalue weighted by molar-refractivity contribution is 0.0708. The van der Waals surface area contributed by atoms with E-state index in [0.717, 1.165) is 12.8 Å². The predicted octanol–water partition coefficient (Wildman–Crippen LogP) is 4.03. The first kappa shape index (κ1) is 15.7. The van der Waals surface area contributed by atoms with Crippen LogP contribution in [0.25, 0.3) is 10.9 Å². The molecular formula is C20H19FN2O2. The van der Waals surface area contributed by atoms with E-state index >= 15 is 0 Å². The van der Waals surface area contributed by atoms with Gasteiger partial charge in [-0.3, -0.25) is 4.79 Å². The maximum atomic E-state index is 13.8. The molecule has 0 aliphatic carbocycles. The standard InChI is InChI=1S/C20H19FN2O2/c21-17-2-1-3-18-16(17)12-19(22-18)20(25)23-10-8-14(9-11-23)13-4-6-15(24)7-5-13/h1-7,12,14,22,24H,8-11H2. The highest BCUT2D eigenvalue weighted by atomic mass is 19.1. The molecular weight excluding hydrogens is 319 g/mol. The molecule has 0 atom stereocenters. The second kappa shape index (κ2) is 6.24. The van der Waals surface area contributed by atoms with Crippen LogP contribution in [0.15, 0.2) is 48.5 Å². The molecule has 0 unspecified atom stereocenters. The molecule has 1 fully saturated rings. The van der Waals surface area contributed by atoms with Crippen molar-refractivity contribution >= 4 is 16.8 Å². The van der Waals surface area contributed by atoms with Crippen LogP contribution in [0.2, 0.25) is 0 Å². The van der Waals surface area contributed by atoms with E-state index in [9.17, 15) is 14.3 Å². The number of aromatic hydroxyl groups is 1. The molecule has 1 amide bonds. The molecule has 1 aliphatic rings. The van der Waals surface area contributed by atoms with Gasteiger partial charge in [0.25, 0.3) is 5.91 Å². The lowest BCUT2D eigenvalue weighted by atomic mass is 9.89. The number of benzene rings is 2. The third-order valence-corrected chi connectivity index (χ3v) is 4.99. The summed E-state index contributed by atoms with van der Waals surface area (Å²) in [6, 6.07) is 13.7. The molecule has 2 heterocycles. The normalized spacial score (nSPS) is 15.6. The zero-order valence-electron chi connectivity index (χ0n) is 13.7. The second-order valence-electron chi connectivity index (χ2n) is 6.54. The number of piperidine rings is 1. The number of nitrogens with zero attached hydrogens (tertiary/aromatic N) is 1. The molecule has 3 aromatic rings. The summed E-state index contributed by atoms with van der Waals surface area (Å²) in [4.78, 5) is 17.6. The molecule has 4 rings (SSSR count). The van der Waals surface area contributed by atoms with E-state index in [-0.39, 0.29) is 17.5 Å². The molecule has 1 saturated heterocycles. The van der Waals surface area contributed by atoms with E-state index in [4.69, 9.17) is 0 Å². The van der Waals surface area contributed by atoms with Gasteiger partial charge >= 0.3 is 0 Å². The fraction of sp³-hybridized carbons (Fsp3) is 0.250. The molecule has 0 spiro atoms. The Bertz CT molecular complexity index is 909. The summed E-state index contributed by atoms with van der Waals surface area (Å²) in [6.07, 6.45) is 1.76. The fourth-order valence-corrected chi connectivity index (χ4v) is 3.57. The molecule has 25 heavy (non-hydrogen) atoms. The monoisotopic (exact) mass is 338 g/mol. The summed E-state index contributed by atoms with van der Waals surface area (Å²) in [5, 5.41) is 9.84. The minimum absolute atomic E-state index is 0.0836. The Morgan fingerprint density at radius 2 is 1.84 bits per heavy atom. The molecule has 0 bridgehead atoms. The lowest BCUT2D eigenvalue weighted by Crippen LogP contribution is -2.38. The van der Waals surface area contributed by atoms with Crippen LogP contribution in [-0.4, -0.2) is 34.0 Å². The van der Waals surface area contributed by atoms with E-state index in [1.807, 2.05) is 17.0 Å². The zero-order valence-corrected chi connectivity index (χ0v) is 13.7. The van der Waals surface area contributed by atoms with Crippen LogP contribution in [0.5, 0.6) is 5.75 Å². The maximum Gasteiger partial charge on any atom is 0.270 e. The summed E-state index contributed by atoms with van der Waals surface area (Å²) in [6.45, 7) is 1.34. The summed E-state index contributed by atoms with van der Waals surface area (Å²) < 4.78 is 13.8. The molecule has 5 heteroatoms. The highest BCUT2D eigenvalue weighted by Gasteiger charge is 2.25. The summed E-state index contributed by atoms with van der Waals surface area (Å²) in [5.41, 5.74) is 2.27. The van der Waals surface area contributed by atoms with Gasteiger partial charge in [-0.2, -0.15) is 0 Å². The number of carbonyl (C=O) groups excluding carboxylic acids is 1. The van der Waals surface area contributed by atoms with E-state index < -0.39 is 0 Å². The Morgan fingerprint density at radius 1 is 1.12 bits per heavy atom. The average molecular weight is 338 g/mol. The van der Waals surface area contributed by atoms with Gasteiger partial charge in [-0.25, -0.2) is 4.39 Å². The molecule has 4 nitrogen and oxygen atoms in total. The first-order valence-electron chi connectivity index (χ1n) is 8.47. The number of hydrogen-bond donors (Lipinski definition) is 2. The molecule has 0 radical (unpaired) electrons. The number of nitrogens with one attached hydrogen (secondary N) is 1. The van der Waals surface area contributed by atoms with Crippen LogP contribution in [0.4, 0.5) is 4.39 Å². The van der Waals surface area contributed by atoms with E-state index in [2.05, 4.69) is 4.98 Å². The SMILES string of the molecule is O=C(c1cc2c(F)cccc2[nH]1)N1CCC(c2ccc(O)cc2)CC1. The molecule has 2 aromatic carbocycles. The summed E-state index contributed by atoms with van der Waals surface area (Å²) >= 11 is 0. The van der Waals surface area contributed by atoms with E-state index in [1.165, 1.54) is 11.6 Å². The Labute approximate surface area is 144 Å². The van der Waals surface area contributed by atoms with Gasteiger partial charge in [0.2, 0.25) is 0 Å². The third kappa shape index (κ3) is 2.97. The van der Waals surface area contributed by atoms with Gasteiger partial charge in [0.15, 0.2) is 0 Å². The topological polar surface area (TPSA) is 56.3 Å². The average Bonchev–Trinajstić information content (AvgIpc) is 3.08. The van der Waals surface area contributed by atoms with Crippen molar-refractivity contribution < 1.29 is 14.3 Å². The smallest absolute Gasteiger partial charge is 0.270 e. The van der Waals surface area contributed by atoms with Gasteiger partial charge in [0, 0.05) is 24.0 Å². The van der Waals surface area contributed by atoms with Crippen molar-refractivity contribution in [2.24, 2.45) is 0 Å². The van der Waals surface area contributed by atoms with Gasteiger partial charge in [-0.05, 0) is 54.7 Å². The van der Waals surface area contributed by atoms with Gasteiger partial charge in [0.05, 0.1) is 0 Å². The van der Waals surface area contributed by atoms with E-state index in [1.54, 1.807) is 30.3 Å². The number of fused-ring (bicyclic) bond motifs is 1. The largest absolute Gasteiger partial charge is 0.508 e. The Balaban J connectivity index is 1.47. The number of phenolic OH excluding ortho intramolecular Hbond substituents is 1.